The van der Waals surface area contributed by atoms with E-state index in [1.165, 1.54) is 37.9 Å². The zero-order valence-corrected chi connectivity index (χ0v) is 12.5. The van der Waals surface area contributed by atoms with Crippen molar-refractivity contribution in [2.75, 3.05) is 20.1 Å². The third-order valence-corrected chi connectivity index (χ3v) is 5.04. The summed E-state index contributed by atoms with van der Waals surface area (Å²) in [7, 11) is 2.21. The molecule has 0 spiro atoms. The van der Waals surface area contributed by atoms with Crippen LogP contribution < -0.4 is 5.32 Å². The molecule has 3 rings (SSSR count). The van der Waals surface area contributed by atoms with Crippen LogP contribution in [0.5, 0.6) is 0 Å². The van der Waals surface area contributed by atoms with Crippen molar-refractivity contribution in [2.24, 2.45) is 5.92 Å². The fraction of sp³-hybridized carbons (Fsp3) is 0.647. The summed E-state index contributed by atoms with van der Waals surface area (Å²) in [4.78, 5) is 2.42. The Morgan fingerprint density at radius 1 is 1.20 bits per heavy atom. The third-order valence-electron chi connectivity index (χ3n) is 5.04. The molecule has 1 aromatic rings. The molecule has 20 heavy (non-hydrogen) atoms. The molecule has 1 N–H and O–H groups in total. The molecule has 0 radical (unpaired) electrons. The molecule has 2 fully saturated rings. The molecule has 2 nitrogen and oxygen atoms in total. The number of nitrogens with zero attached hydrogens (tertiary/aromatic N) is 1. The fourth-order valence-electron chi connectivity index (χ4n) is 3.67. The van der Waals surface area contributed by atoms with Gasteiger partial charge in [-0.3, -0.25) is 0 Å². The molecule has 1 aromatic carbocycles. The molecule has 1 saturated carbocycles. The van der Waals surface area contributed by atoms with E-state index < -0.39 is 0 Å². The number of piperidine rings is 1. The van der Waals surface area contributed by atoms with Crippen molar-refractivity contribution >= 4 is 0 Å². The van der Waals surface area contributed by atoms with Crippen molar-refractivity contribution in [2.45, 2.75) is 44.2 Å². The minimum Gasteiger partial charge on any atom is -0.311 e. The van der Waals surface area contributed by atoms with Gasteiger partial charge in [-0.15, -0.1) is 0 Å². The van der Waals surface area contributed by atoms with E-state index in [1.54, 1.807) is 12.1 Å². The number of benzene rings is 1. The van der Waals surface area contributed by atoms with Crippen LogP contribution in [-0.2, 0) is 0 Å². The predicted molar refractivity (Wildman–Crippen MR) is 80.4 cm³/mol. The molecule has 2 atom stereocenters. The SMILES string of the molecule is CC1CN(C)CCC1NC1CC(c2ccc(F)cc2)C1. The van der Waals surface area contributed by atoms with Crippen molar-refractivity contribution in [1.29, 1.82) is 0 Å². The number of halogens is 1. The third kappa shape index (κ3) is 3.04. The maximum Gasteiger partial charge on any atom is 0.123 e. The van der Waals surface area contributed by atoms with Crippen LogP contribution in [0, 0.1) is 11.7 Å². The van der Waals surface area contributed by atoms with E-state index >= 15 is 0 Å². The van der Waals surface area contributed by atoms with E-state index in [0.717, 1.165) is 5.92 Å². The molecule has 110 valence electrons. The molecule has 1 aliphatic heterocycles. The highest BCUT2D eigenvalue weighted by molar-refractivity contribution is 5.23. The van der Waals surface area contributed by atoms with Crippen LogP contribution in [0.2, 0.25) is 0 Å². The van der Waals surface area contributed by atoms with E-state index in [2.05, 4.69) is 24.2 Å². The Balaban J connectivity index is 1.47. The number of hydrogen-bond acceptors (Lipinski definition) is 2. The number of rotatable bonds is 3. The minimum absolute atomic E-state index is 0.136. The highest BCUT2D eigenvalue weighted by Gasteiger charge is 2.34. The van der Waals surface area contributed by atoms with Crippen molar-refractivity contribution in [3.63, 3.8) is 0 Å². The van der Waals surface area contributed by atoms with E-state index in [0.29, 0.717) is 18.0 Å². The molecular weight excluding hydrogens is 251 g/mol. The Labute approximate surface area is 121 Å². The molecule has 1 heterocycles. The zero-order valence-electron chi connectivity index (χ0n) is 12.5. The van der Waals surface area contributed by atoms with E-state index in [9.17, 15) is 4.39 Å². The highest BCUT2D eigenvalue weighted by Crippen LogP contribution is 2.37. The lowest BCUT2D eigenvalue weighted by molar-refractivity contribution is 0.145. The summed E-state index contributed by atoms with van der Waals surface area (Å²) in [6.07, 6.45) is 3.66. The van der Waals surface area contributed by atoms with E-state index in [-0.39, 0.29) is 5.82 Å². The summed E-state index contributed by atoms with van der Waals surface area (Å²) in [6, 6.07) is 8.36. The first kappa shape index (κ1) is 14.0. The Morgan fingerprint density at radius 2 is 1.90 bits per heavy atom. The lowest BCUT2D eigenvalue weighted by Gasteiger charge is -2.43. The topological polar surface area (TPSA) is 15.3 Å². The van der Waals surface area contributed by atoms with Gasteiger partial charge >= 0.3 is 0 Å². The van der Waals surface area contributed by atoms with Crippen LogP contribution in [0.3, 0.4) is 0 Å². The first-order valence-corrected chi connectivity index (χ1v) is 7.82. The smallest absolute Gasteiger partial charge is 0.123 e. The van der Waals surface area contributed by atoms with Crippen LogP contribution >= 0.6 is 0 Å². The maximum absolute atomic E-state index is 12.9. The van der Waals surface area contributed by atoms with Gasteiger partial charge in [-0.1, -0.05) is 19.1 Å². The van der Waals surface area contributed by atoms with Gasteiger partial charge in [-0.25, -0.2) is 4.39 Å². The van der Waals surface area contributed by atoms with Gasteiger partial charge in [0.25, 0.3) is 0 Å². The summed E-state index contributed by atoms with van der Waals surface area (Å²) in [5, 5.41) is 3.84. The van der Waals surface area contributed by atoms with Crippen molar-refractivity contribution in [3.8, 4) is 0 Å². The number of hydrogen-bond donors (Lipinski definition) is 1. The Hall–Kier alpha value is -0.930. The van der Waals surface area contributed by atoms with Crippen LogP contribution in [0.1, 0.15) is 37.7 Å². The van der Waals surface area contributed by atoms with Crippen molar-refractivity contribution in [1.82, 2.24) is 10.2 Å². The second-order valence-corrected chi connectivity index (χ2v) is 6.72. The minimum atomic E-state index is -0.136. The predicted octanol–water partition coefficient (Wildman–Crippen LogP) is 3.00. The molecule has 0 aromatic heterocycles. The van der Waals surface area contributed by atoms with Crippen LogP contribution in [0.4, 0.5) is 4.39 Å². The largest absolute Gasteiger partial charge is 0.311 e. The first-order chi connectivity index (χ1) is 9.61. The van der Waals surface area contributed by atoms with Crippen molar-refractivity contribution < 1.29 is 4.39 Å². The zero-order chi connectivity index (χ0) is 14.1. The van der Waals surface area contributed by atoms with Crippen LogP contribution in [0.15, 0.2) is 24.3 Å². The van der Waals surface area contributed by atoms with Gasteiger partial charge in [0.2, 0.25) is 0 Å². The van der Waals surface area contributed by atoms with Crippen LogP contribution in [-0.4, -0.2) is 37.1 Å². The Bertz CT molecular complexity index is 439. The first-order valence-electron chi connectivity index (χ1n) is 7.82. The summed E-state index contributed by atoms with van der Waals surface area (Å²) in [6.45, 7) is 4.76. The quantitative estimate of drug-likeness (QED) is 0.913. The van der Waals surface area contributed by atoms with Crippen LogP contribution in [0.25, 0.3) is 0 Å². The average Bonchev–Trinajstić information content (AvgIpc) is 2.37. The molecule has 2 aliphatic rings. The lowest BCUT2D eigenvalue weighted by atomic mass is 9.75. The monoisotopic (exact) mass is 276 g/mol. The Morgan fingerprint density at radius 3 is 2.55 bits per heavy atom. The normalized spacial score (nSPS) is 34.8. The van der Waals surface area contributed by atoms with Gasteiger partial charge in [-0.05, 0) is 62.4 Å². The summed E-state index contributed by atoms with van der Waals surface area (Å²) in [5.41, 5.74) is 1.29. The van der Waals surface area contributed by atoms with E-state index in [1.807, 2.05) is 12.1 Å². The van der Waals surface area contributed by atoms with Crippen molar-refractivity contribution in [3.05, 3.63) is 35.6 Å². The van der Waals surface area contributed by atoms with Gasteiger partial charge in [0.05, 0.1) is 0 Å². The van der Waals surface area contributed by atoms with Gasteiger partial charge in [0.15, 0.2) is 0 Å². The summed E-state index contributed by atoms with van der Waals surface area (Å²) in [5.74, 6) is 1.22. The summed E-state index contributed by atoms with van der Waals surface area (Å²) >= 11 is 0. The Kier molecular flexibility index (Phi) is 4.08. The highest BCUT2D eigenvalue weighted by atomic mass is 19.1. The number of likely N-dealkylation sites (tertiary alicyclic amines) is 1. The molecule has 0 amide bonds. The van der Waals surface area contributed by atoms with Gasteiger partial charge < -0.3 is 10.2 Å². The lowest BCUT2D eigenvalue weighted by Crippen LogP contribution is -2.53. The maximum atomic E-state index is 12.9. The second kappa shape index (κ2) is 5.82. The standard InChI is InChI=1S/C17H25FN2/c1-12-11-20(2)8-7-17(12)19-16-9-14(10-16)13-3-5-15(18)6-4-13/h3-6,12,14,16-17,19H,7-11H2,1-2H3. The molecule has 3 heteroatoms. The van der Waals surface area contributed by atoms with Gasteiger partial charge in [0, 0.05) is 18.6 Å². The molecule has 1 aliphatic carbocycles. The molecule has 1 saturated heterocycles. The summed E-state index contributed by atoms with van der Waals surface area (Å²) < 4.78 is 12.9. The molecule has 0 bridgehead atoms. The van der Waals surface area contributed by atoms with Gasteiger partial charge in [0.1, 0.15) is 5.82 Å². The average molecular weight is 276 g/mol. The number of nitrogens with one attached hydrogen (secondary N) is 1. The second-order valence-electron chi connectivity index (χ2n) is 6.72. The molecular formula is C17H25FN2. The fourth-order valence-corrected chi connectivity index (χ4v) is 3.67. The van der Waals surface area contributed by atoms with E-state index in [4.69, 9.17) is 0 Å². The van der Waals surface area contributed by atoms with Gasteiger partial charge in [-0.2, -0.15) is 0 Å². The molecule has 2 unspecified atom stereocenters.